The van der Waals surface area contributed by atoms with Crippen LogP contribution in [0.3, 0.4) is 0 Å². The number of hydrogen-bond acceptors (Lipinski definition) is 4. The number of anilines is 1. The summed E-state index contributed by atoms with van der Waals surface area (Å²) in [6.45, 7) is 1.63. The van der Waals surface area contributed by atoms with E-state index in [1.807, 2.05) is 49.4 Å². The molecule has 1 amide bonds. The number of carbonyl (C=O) groups is 2. The second-order valence-electron chi connectivity index (χ2n) is 5.44. The summed E-state index contributed by atoms with van der Waals surface area (Å²) in [4.78, 5) is 28.0. The Morgan fingerprint density at radius 3 is 2.83 bits per heavy atom. The summed E-state index contributed by atoms with van der Waals surface area (Å²) in [7, 11) is 0. The van der Waals surface area contributed by atoms with E-state index in [4.69, 9.17) is 4.74 Å². The summed E-state index contributed by atoms with van der Waals surface area (Å²) < 4.78 is 6.72. The fraction of sp³-hybridized carbons (Fsp3) is 0.167. The maximum Gasteiger partial charge on any atom is 0.326 e. The van der Waals surface area contributed by atoms with Crippen LogP contribution >= 0.6 is 0 Å². The molecule has 1 N–H and O–H groups in total. The Kier molecular flexibility index (Phi) is 4.56. The maximum absolute atomic E-state index is 11.9. The van der Waals surface area contributed by atoms with Gasteiger partial charge in [-0.3, -0.25) is 9.59 Å². The summed E-state index contributed by atoms with van der Waals surface area (Å²) in [6.07, 6.45) is 1.58. The van der Waals surface area contributed by atoms with E-state index in [1.54, 1.807) is 17.0 Å². The van der Waals surface area contributed by atoms with Crippen molar-refractivity contribution >= 4 is 28.6 Å². The average Bonchev–Trinajstić information content (AvgIpc) is 2.96. The number of aryl methyl sites for hydroxylation is 1. The molecule has 0 bridgehead atoms. The SMILES string of the molecule is Cc1cccc(NC(=O)COC(=O)Cn2cnc3ccccc32)c1. The first-order valence-corrected chi connectivity index (χ1v) is 7.54. The van der Waals surface area contributed by atoms with Crippen molar-refractivity contribution in [3.8, 4) is 0 Å². The number of rotatable bonds is 5. The van der Waals surface area contributed by atoms with E-state index in [2.05, 4.69) is 10.3 Å². The van der Waals surface area contributed by atoms with Crippen LogP contribution in [0.2, 0.25) is 0 Å². The number of aromatic nitrogens is 2. The largest absolute Gasteiger partial charge is 0.454 e. The first-order valence-electron chi connectivity index (χ1n) is 7.54. The Morgan fingerprint density at radius 2 is 2.00 bits per heavy atom. The van der Waals surface area contributed by atoms with Crippen LogP contribution in [0.25, 0.3) is 11.0 Å². The smallest absolute Gasteiger partial charge is 0.326 e. The fourth-order valence-electron chi connectivity index (χ4n) is 2.39. The number of para-hydroxylation sites is 2. The van der Waals surface area contributed by atoms with Crippen molar-refractivity contribution in [2.75, 3.05) is 11.9 Å². The molecule has 1 aromatic heterocycles. The lowest BCUT2D eigenvalue weighted by atomic mass is 10.2. The summed E-state index contributed by atoms with van der Waals surface area (Å²) in [6, 6.07) is 14.9. The first kappa shape index (κ1) is 15.7. The summed E-state index contributed by atoms with van der Waals surface area (Å²) in [5.74, 6) is -0.859. The van der Waals surface area contributed by atoms with E-state index in [9.17, 15) is 9.59 Å². The normalized spacial score (nSPS) is 10.5. The third-order valence-electron chi connectivity index (χ3n) is 3.49. The molecule has 0 unspecified atom stereocenters. The van der Waals surface area contributed by atoms with Gasteiger partial charge < -0.3 is 14.6 Å². The molecule has 3 rings (SSSR count). The number of amides is 1. The molecule has 2 aromatic carbocycles. The zero-order valence-corrected chi connectivity index (χ0v) is 13.2. The predicted octanol–water partition coefficient (Wildman–Crippen LogP) is 2.53. The molecule has 24 heavy (non-hydrogen) atoms. The van der Waals surface area contributed by atoms with Gasteiger partial charge in [-0.05, 0) is 36.8 Å². The van der Waals surface area contributed by atoms with Crippen molar-refractivity contribution in [3.63, 3.8) is 0 Å². The number of ether oxygens (including phenoxy) is 1. The number of imidazole rings is 1. The molecule has 3 aromatic rings. The number of esters is 1. The van der Waals surface area contributed by atoms with Gasteiger partial charge in [-0.25, -0.2) is 4.98 Å². The molecule has 0 saturated carbocycles. The van der Waals surface area contributed by atoms with Gasteiger partial charge in [0.25, 0.3) is 5.91 Å². The number of hydrogen-bond donors (Lipinski definition) is 1. The summed E-state index contributed by atoms with van der Waals surface area (Å²) in [5, 5.41) is 2.69. The molecule has 0 spiro atoms. The van der Waals surface area contributed by atoms with Crippen LogP contribution in [0.1, 0.15) is 5.56 Å². The number of fused-ring (bicyclic) bond motifs is 1. The standard InChI is InChI=1S/C18H17N3O3/c1-13-5-4-6-14(9-13)20-17(22)11-24-18(23)10-21-12-19-15-7-2-3-8-16(15)21/h2-9,12H,10-11H2,1H3,(H,20,22). The van der Waals surface area contributed by atoms with Crippen LogP contribution in [0.15, 0.2) is 54.9 Å². The molecule has 6 heteroatoms. The van der Waals surface area contributed by atoms with Gasteiger partial charge >= 0.3 is 5.97 Å². The molecule has 6 nitrogen and oxygen atoms in total. The maximum atomic E-state index is 11.9. The Morgan fingerprint density at radius 1 is 1.17 bits per heavy atom. The van der Waals surface area contributed by atoms with Crippen LogP contribution in [-0.4, -0.2) is 28.0 Å². The monoisotopic (exact) mass is 323 g/mol. The number of benzene rings is 2. The fourth-order valence-corrected chi connectivity index (χ4v) is 2.39. The van der Waals surface area contributed by atoms with Crippen molar-refractivity contribution < 1.29 is 14.3 Å². The first-order chi connectivity index (χ1) is 11.6. The lowest BCUT2D eigenvalue weighted by molar-refractivity contribution is -0.147. The highest BCUT2D eigenvalue weighted by atomic mass is 16.5. The molecule has 0 radical (unpaired) electrons. The third kappa shape index (κ3) is 3.78. The Bertz CT molecular complexity index is 886. The second kappa shape index (κ2) is 6.95. The van der Waals surface area contributed by atoms with Crippen LogP contribution in [-0.2, 0) is 20.9 Å². The van der Waals surface area contributed by atoms with E-state index in [0.29, 0.717) is 5.69 Å². The third-order valence-corrected chi connectivity index (χ3v) is 3.49. The second-order valence-corrected chi connectivity index (χ2v) is 5.44. The highest BCUT2D eigenvalue weighted by Gasteiger charge is 2.10. The van der Waals surface area contributed by atoms with Gasteiger partial charge in [0.15, 0.2) is 6.61 Å². The lowest BCUT2D eigenvalue weighted by Gasteiger charge is -2.08. The van der Waals surface area contributed by atoms with Gasteiger partial charge in [0, 0.05) is 5.69 Å². The van der Waals surface area contributed by atoms with Crippen LogP contribution in [0.5, 0.6) is 0 Å². The molecule has 1 heterocycles. The predicted molar refractivity (Wildman–Crippen MR) is 90.5 cm³/mol. The molecule has 0 atom stereocenters. The van der Waals surface area contributed by atoms with Crippen LogP contribution in [0, 0.1) is 6.92 Å². The molecule has 122 valence electrons. The highest BCUT2D eigenvalue weighted by molar-refractivity contribution is 5.92. The minimum Gasteiger partial charge on any atom is -0.454 e. The Hall–Kier alpha value is -3.15. The molecule has 0 saturated heterocycles. The van der Waals surface area contributed by atoms with Gasteiger partial charge in [0.2, 0.25) is 0 Å². The van der Waals surface area contributed by atoms with Crippen molar-refractivity contribution in [3.05, 3.63) is 60.4 Å². The summed E-state index contributed by atoms with van der Waals surface area (Å²) >= 11 is 0. The van der Waals surface area contributed by atoms with Gasteiger partial charge in [-0.1, -0.05) is 24.3 Å². The zero-order valence-electron chi connectivity index (χ0n) is 13.2. The topological polar surface area (TPSA) is 73.2 Å². The number of carbonyl (C=O) groups excluding carboxylic acids is 2. The van der Waals surface area contributed by atoms with Gasteiger partial charge in [-0.15, -0.1) is 0 Å². The number of nitrogens with one attached hydrogen (secondary N) is 1. The van der Waals surface area contributed by atoms with Crippen molar-refractivity contribution in [2.24, 2.45) is 0 Å². The van der Waals surface area contributed by atoms with Crippen LogP contribution < -0.4 is 5.32 Å². The molecule has 0 fully saturated rings. The lowest BCUT2D eigenvalue weighted by Crippen LogP contribution is -2.22. The Labute approximate surface area is 139 Å². The average molecular weight is 323 g/mol. The van der Waals surface area contributed by atoms with Crippen LogP contribution in [0.4, 0.5) is 5.69 Å². The highest BCUT2D eigenvalue weighted by Crippen LogP contribution is 2.12. The molecular weight excluding hydrogens is 306 g/mol. The minimum atomic E-state index is -0.488. The number of nitrogens with zero attached hydrogens (tertiary/aromatic N) is 2. The van der Waals surface area contributed by atoms with Crippen molar-refractivity contribution in [2.45, 2.75) is 13.5 Å². The van der Waals surface area contributed by atoms with Crippen molar-refractivity contribution in [1.29, 1.82) is 0 Å². The van der Waals surface area contributed by atoms with Crippen molar-refractivity contribution in [1.82, 2.24) is 9.55 Å². The molecule has 0 aliphatic heterocycles. The van der Waals surface area contributed by atoms with Gasteiger partial charge in [0.1, 0.15) is 6.54 Å². The van der Waals surface area contributed by atoms with Gasteiger partial charge in [0.05, 0.1) is 17.4 Å². The van der Waals surface area contributed by atoms with E-state index < -0.39 is 5.97 Å². The van der Waals surface area contributed by atoms with E-state index >= 15 is 0 Å². The molecule has 0 aliphatic rings. The van der Waals surface area contributed by atoms with E-state index in [0.717, 1.165) is 16.6 Å². The van der Waals surface area contributed by atoms with E-state index in [-0.39, 0.29) is 19.1 Å². The molecule has 0 aliphatic carbocycles. The van der Waals surface area contributed by atoms with Gasteiger partial charge in [-0.2, -0.15) is 0 Å². The quantitative estimate of drug-likeness (QED) is 0.732. The van der Waals surface area contributed by atoms with E-state index in [1.165, 1.54) is 0 Å². The Balaban J connectivity index is 1.53. The molecular formula is C18H17N3O3. The zero-order chi connectivity index (χ0) is 16.9. The summed E-state index contributed by atoms with van der Waals surface area (Å²) in [5.41, 5.74) is 3.37. The minimum absolute atomic E-state index is 0.0121.